The van der Waals surface area contributed by atoms with Gasteiger partial charge in [0.15, 0.2) is 0 Å². The third kappa shape index (κ3) is 11.2. The molecule has 0 radical (unpaired) electrons. The van der Waals surface area contributed by atoms with E-state index >= 15 is 0 Å². The molecule has 1 aliphatic heterocycles. The topological polar surface area (TPSA) is 79.2 Å². The molecule has 0 bridgehead atoms. The summed E-state index contributed by atoms with van der Waals surface area (Å²) in [6.45, 7) is 2.67. The Kier molecular flexibility index (Phi) is 15.0. The van der Waals surface area contributed by atoms with Crippen LogP contribution in [0.2, 0.25) is 0 Å². The summed E-state index contributed by atoms with van der Waals surface area (Å²) in [7, 11) is 0. The van der Waals surface area contributed by atoms with Gasteiger partial charge in [-0.2, -0.15) is 0 Å². The predicted octanol–water partition coefficient (Wildman–Crippen LogP) is 3.74. The molecule has 0 spiro atoms. The van der Waals surface area contributed by atoms with Gasteiger partial charge >= 0.3 is 0 Å². The summed E-state index contributed by atoms with van der Waals surface area (Å²) in [4.78, 5) is 0. The van der Waals surface area contributed by atoms with Gasteiger partial charge in [0, 0.05) is 6.61 Å². The summed E-state index contributed by atoms with van der Waals surface area (Å²) in [5.74, 6) is 0. The number of rotatable bonds is 17. The van der Waals surface area contributed by atoms with Crippen LogP contribution in [-0.4, -0.2) is 59.6 Å². The van der Waals surface area contributed by atoms with Crippen molar-refractivity contribution in [2.45, 2.75) is 108 Å². The Balaban J connectivity index is 1.88. The largest absolute Gasteiger partial charge is 0.394 e. The van der Waals surface area contributed by atoms with Crippen molar-refractivity contribution >= 4 is 0 Å². The molecule has 5 nitrogen and oxygen atoms in total. The van der Waals surface area contributed by atoms with Gasteiger partial charge in [-0.3, -0.25) is 0 Å². The summed E-state index contributed by atoms with van der Waals surface area (Å²) in [5, 5.41) is 28.5. The number of aliphatic hydroxyl groups excluding tert-OH is 3. The van der Waals surface area contributed by atoms with Crippen LogP contribution in [0.25, 0.3) is 0 Å². The second kappa shape index (κ2) is 16.5. The second-order valence-electron chi connectivity index (χ2n) is 7.68. The Labute approximate surface area is 165 Å². The second-order valence-corrected chi connectivity index (χ2v) is 7.68. The molecule has 0 aromatic rings. The van der Waals surface area contributed by atoms with Crippen LogP contribution in [0.3, 0.4) is 0 Å². The first-order valence-corrected chi connectivity index (χ1v) is 11.1. The average molecular weight is 387 g/mol. The molecule has 1 saturated heterocycles. The van der Waals surface area contributed by atoms with Crippen molar-refractivity contribution in [1.82, 2.24) is 0 Å². The highest BCUT2D eigenvalue weighted by Gasteiger charge is 2.40. The van der Waals surface area contributed by atoms with Crippen molar-refractivity contribution in [2.75, 3.05) is 19.8 Å². The van der Waals surface area contributed by atoms with E-state index in [1.165, 1.54) is 57.8 Å². The first kappa shape index (κ1) is 24.6. The van der Waals surface area contributed by atoms with E-state index in [0.717, 1.165) is 19.3 Å². The Morgan fingerprint density at radius 1 is 0.963 bits per heavy atom. The third-order valence-electron chi connectivity index (χ3n) is 5.22. The van der Waals surface area contributed by atoms with Crippen LogP contribution in [0.4, 0.5) is 0 Å². The fraction of sp³-hybridized carbons (Fsp3) is 0.909. The van der Waals surface area contributed by atoms with Crippen molar-refractivity contribution in [3.05, 3.63) is 12.2 Å². The molecule has 0 aromatic heterocycles. The van der Waals surface area contributed by atoms with Gasteiger partial charge in [0.25, 0.3) is 0 Å². The van der Waals surface area contributed by atoms with E-state index < -0.39 is 31.0 Å². The number of ether oxygens (including phenoxy) is 2. The van der Waals surface area contributed by atoms with E-state index in [-0.39, 0.29) is 6.61 Å². The summed E-state index contributed by atoms with van der Waals surface area (Å²) < 4.78 is 11.0. The lowest BCUT2D eigenvalue weighted by molar-refractivity contribution is -0.0729. The lowest BCUT2D eigenvalue weighted by atomic mass is 10.1. The quantitative estimate of drug-likeness (QED) is 0.262. The van der Waals surface area contributed by atoms with Gasteiger partial charge < -0.3 is 24.8 Å². The summed E-state index contributed by atoms with van der Waals surface area (Å²) in [6.07, 6.45) is 16.7. The highest BCUT2D eigenvalue weighted by atomic mass is 16.6. The average Bonchev–Trinajstić information content (AvgIpc) is 3.04. The lowest BCUT2D eigenvalue weighted by Gasteiger charge is -2.20. The Bertz CT molecular complexity index is 361. The van der Waals surface area contributed by atoms with Gasteiger partial charge in [-0.25, -0.2) is 0 Å². The van der Waals surface area contributed by atoms with Crippen molar-refractivity contribution in [2.24, 2.45) is 0 Å². The van der Waals surface area contributed by atoms with Crippen LogP contribution in [0.5, 0.6) is 0 Å². The highest BCUT2D eigenvalue weighted by Crippen LogP contribution is 2.20. The zero-order valence-electron chi connectivity index (χ0n) is 17.2. The maximum Gasteiger partial charge on any atom is 0.114 e. The van der Waals surface area contributed by atoms with Gasteiger partial charge in [-0.05, 0) is 25.7 Å². The normalized spacial score (nSPS) is 24.1. The van der Waals surface area contributed by atoms with Crippen molar-refractivity contribution in [1.29, 1.82) is 0 Å². The molecule has 0 aromatic carbocycles. The molecule has 27 heavy (non-hydrogen) atoms. The Hall–Kier alpha value is -0.460. The van der Waals surface area contributed by atoms with Crippen molar-refractivity contribution in [3.8, 4) is 0 Å². The minimum Gasteiger partial charge on any atom is -0.394 e. The van der Waals surface area contributed by atoms with Gasteiger partial charge in [-0.15, -0.1) is 0 Å². The summed E-state index contributed by atoms with van der Waals surface area (Å²) in [5.41, 5.74) is 0. The number of hydrogen-bond acceptors (Lipinski definition) is 5. The summed E-state index contributed by atoms with van der Waals surface area (Å²) in [6, 6.07) is 0. The lowest BCUT2D eigenvalue weighted by Crippen LogP contribution is -2.41. The van der Waals surface area contributed by atoms with Gasteiger partial charge in [0.1, 0.15) is 24.4 Å². The SMILES string of the molecule is CCCCCCCCCCC/C=C/CCCO[C@@H]1CO[C@@H]([C@@H](O)CO)[C@H]1O. The molecule has 0 unspecified atom stereocenters. The van der Waals surface area contributed by atoms with Crippen molar-refractivity contribution < 1.29 is 24.8 Å². The smallest absolute Gasteiger partial charge is 0.114 e. The number of hydrogen-bond donors (Lipinski definition) is 3. The first-order chi connectivity index (χ1) is 13.2. The Morgan fingerprint density at radius 2 is 1.56 bits per heavy atom. The maximum atomic E-state index is 10.0. The predicted molar refractivity (Wildman–Crippen MR) is 109 cm³/mol. The van der Waals surface area contributed by atoms with Crippen LogP contribution < -0.4 is 0 Å². The van der Waals surface area contributed by atoms with Gasteiger partial charge in [0.05, 0.1) is 13.2 Å². The maximum absolute atomic E-state index is 10.0. The summed E-state index contributed by atoms with van der Waals surface area (Å²) >= 11 is 0. The highest BCUT2D eigenvalue weighted by molar-refractivity contribution is 4.89. The van der Waals surface area contributed by atoms with Crippen LogP contribution in [0.1, 0.15) is 84.0 Å². The van der Waals surface area contributed by atoms with Crippen LogP contribution in [0.15, 0.2) is 12.2 Å². The number of aliphatic hydroxyl groups is 3. The number of unbranched alkanes of at least 4 members (excludes halogenated alkanes) is 10. The van der Waals surface area contributed by atoms with E-state index in [4.69, 9.17) is 14.6 Å². The van der Waals surface area contributed by atoms with E-state index in [0.29, 0.717) is 6.61 Å². The van der Waals surface area contributed by atoms with Crippen LogP contribution in [-0.2, 0) is 9.47 Å². The molecule has 0 amide bonds. The van der Waals surface area contributed by atoms with E-state index in [9.17, 15) is 10.2 Å². The zero-order chi connectivity index (χ0) is 19.7. The minimum atomic E-state index is -1.06. The first-order valence-electron chi connectivity index (χ1n) is 11.1. The molecule has 1 rings (SSSR count). The molecule has 0 saturated carbocycles. The molecule has 0 aliphatic carbocycles. The van der Waals surface area contributed by atoms with E-state index in [2.05, 4.69) is 19.1 Å². The van der Waals surface area contributed by atoms with E-state index in [1.807, 2.05) is 0 Å². The number of allylic oxidation sites excluding steroid dienone is 2. The van der Waals surface area contributed by atoms with E-state index in [1.54, 1.807) is 0 Å². The molecule has 1 heterocycles. The Morgan fingerprint density at radius 3 is 2.19 bits per heavy atom. The van der Waals surface area contributed by atoms with Gasteiger partial charge in [-0.1, -0.05) is 70.4 Å². The fourth-order valence-corrected chi connectivity index (χ4v) is 3.45. The fourth-order valence-electron chi connectivity index (χ4n) is 3.45. The third-order valence-corrected chi connectivity index (χ3v) is 5.22. The molecular formula is C22H42O5. The van der Waals surface area contributed by atoms with Crippen LogP contribution >= 0.6 is 0 Å². The zero-order valence-corrected chi connectivity index (χ0v) is 17.2. The van der Waals surface area contributed by atoms with Gasteiger partial charge in [0.2, 0.25) is 0 Å². The molecule has 3 N–H and O–H groups in total. The molecular weight excluding hydrogens is 344 g/mol. The standard InChI is InChI=1S/C22H42O5/c1-2-3-4-5-6-7-8-9-10-11-12-13-14-15-16-26-20-18-27-22(21(20)25)19(24)17-23/h12-13,19-25H,2-11,14-18H2,1H3/b13-12+/t19-,20+,21-,22-/m0/s1. The van der Waals surface area contributed by atoms with Crippen molar-refractivity contribution in [3.63, 3.8) is 0 Å². The molecule has 1 fully saturated rings. The van der Waals surface area contributed by atoms with Crippen LogP contribution in [0, 0.1) is 0 Å². The minimum absolute atomic E-state index is 0.261. The molecule has 5 heteroatoms. The molecule has 160 valence electrons. The molecule has 4 atom stereocenters. The molecule has 1 aliphatic rings. The monoisotopic (exact) mass is 386 g/mol.